The number of nitrogens with one attached hydrogen (secondary N) is 1. The Labute approximate surface area is 109 Å². The Bertz CT molecular complexity index is 528. The molecular weight excluding hydrogens is 222 g/mol. The van der Waals surface area contributed by atoms with Crippen molar-refractivity contribution in [3.8, 4) is 0 Å². The number of nitrogens with zero attached hydrogens (tertiary/aromatic N) is 2. The topological polar surface area (TPSA) is 29.9 Å². The second-order valence-corrected chi connectivity index (χ2v) is 4.92. The molecular formula is C15H21N3. The molecule has 1 aromatic carbocycles. The van der Waals surface area contributed by atoms with Crippen LogP contribution < -0.4 is 5.32 Å². The summed E-state index contributed by atoms with van der Waals surface area (Å²) >= 11 is 0. The zero-order valence-electron chi connectivity index (χ0n) is 11.6. The van der Waals surface area contributed by atoms with Crippen LogP contribution in [0.15, 0.2) is 30.6 Å². The van der Waals surface area contributed by atoms with Gasteiger partial charge < -0.3 is 9.88 Å². The van der Waals surface area contributed by atoms with E-state index in [-0.39, 0.29) is 0 Å². The van der Waals surface area contributed by atoms with Gasteiger partial charge in [0.1, 0.15) is 5.82 Å². The summed E-state index contributed by atoms with van der Waals surface area (Å²) in [5.41, 5.74) is 4.01. The van der Waals surface area contributed by atoms with Gasteiger partial charge in [0.15, 0.2) is 0 Å². The highest BCUT2D eigenvalue weighted by molar-refractivity contribution is 5.32. The molecule has 2 aromatic rings. The van der Waals surface area contributed by atoms with Gasteiger partial charge in [0.2, 0.25) is 0 Å². The average molecular weight is 243 g/mol. The average Bonchev–Trinajstić information content (AvgIpc) is 2.72. The van der Waals surface area contributed by atoms with Crippen LogP contribution in [0, 0.1) is 13.8 Å². The van der Waals surface area contributed by atoms with Gasteiger partial charge in [0.05, 0.1) is 6.54 Å². The van der Waals surface area contributed by atoms with Crippen molar-refractivity contribution >= 4 is 0 Å². The molecule has 0 saturated carbocycles. The van der Waals surface area contributed by atoms with E-state index in [0.29, 0.717) is 6.04 Å². The molecule has 1 N–H and O–H groups in total. The van der Waals surface area contributed by atoms with Crippen molar-refractivity contribution in [1.29, 1.82) is 0 Å². The third-order valence-corrected chi connectivity index (χ3v) is 3.38. The molecule has 0 fully saturated rings. The van der Waals surface area contributed by atoms with Crippen LogP contribution in [0.25, 0.3) is 0 Å². The predicted octanol–water partition coefficient (Wildman–Crippen LogP) is 2.89. The van der Waals surface area contributed by atoms with E-state index in [9.17, 15) is 0 Å². The van der Waals surface area contributed by atoms with E-state index in [2.05, 4.69) is 49.3 Å². The molecule has 2 rings (SSSR count). The lowest BCUT2D eigenvalue weighted by Crippen LogP contribution is -2.20. The smallest absolute Gasteiger partial charge is 0.122 e. The molecule has 96 valence electrons. The monoisotopic (exact) mass is 243 g/mol. The van der Waals surface area contributed by atoms with Crippen LogP contribution in [0.4, 0.5) is 0 Å². The minimum atomic E-state index is 0.335. The predicted molar refractivity (Wildman–Crippen MR) is 74.4 cm³/mol. The molecule has 18 heavy (non-hydrogen) atoms. The Morgan fingerprint density at radius 3 is 2.72 bits per heavy atom. The van der Waals surface area contributed by atoms with Crippen molar-refractivity contribution in [3.63, 3.8) is 0 Å². The van der Waals surface area contributed by atoms with Gasteiger partial charge in [-0.1, -0.05) is 23.8 Å². The van der Waals surface area contributed by atoms with Gasteiger partial charge in [-0.25, -0.2) is 4.98 Å². The van der Waals surface area contributed by atoms with E-state index >= 15 is 0 Å². The van der Waals surface area contributed by atoms with Crippen molar-refractivity contribution in [2.75, 3.05) is 0 Å². The Balaban J connectivity index is 2.03. The number of imidazole rings is 1. The maximum atomic E-state index is 4.32. The van der Waals surface area contributed by atoms with Crippen LogP contribution in [0.5, 0.6) is 0 Å². The lowest BCUT2D eigenvalue weighted by atomic mass is 10.0. The summed E-state index contributed by atoms with van der Waals surface area (Å²) < 4.78 is 2.04. The number of benzene rings is 1. The minimum Gasteiger partial charge on any atom is -0.337 e. The first-order valence-corrected chi connectivity index (χ1v) is 6.34. The summed E-state index contributed by atoms with van der Waals surface area (Å²) in [6.45, 7) is 7.28. The second-order valence-electron chi connectivity index (χ2n) is 4.92. The molecule has 1 aromatic heterocycles. The lowest BCUT2D eigenvalue weighted by Gasteiger charge is -2.17. The Morgan fingerprint density at radius 1 is 1.33 bits per heavy atom. The van der Waals surface area contributed by atoms with Crippen molar-refractivity contribution < 1.29 is 0 Å². The highest BCUT2D eigenvalue weighted by Gasteiger charge is 2.09. The van der Waals surface area contributed by atoms with Crippen LogP contribution in [-0.4, -0.2) is 9.55 Å². The third kappa shape index (κ3) is 2.79. The molecule has 0 bridgehead atoms. The van der Waals surface area contributed by atoms with Crippen LogP contribution in [0.3, 0.4) is 0 Å². The molecule has 0 aliphatic heterocycles. The van der Waals surface area contributed by atoms with Crippen LogP contribution in [-0.2, 0) is 13.6 Å². The SMILES string of the molecule is Cc1ccc(C(C)NCc2nccn2C)c(C)c1. The lowest BCUT2D eigenvalue weighted by molar-refractivity contribution is 0.547. The quantitative estimate of drug-likeness (QED) is 0.895. The van der Waals surface area contributed by atoms with E-state index in [4.69, 9.17) is 0 Å². The molecule has 0 spiro atoms. The Kier molecular flexibility index (Phi) is 3.82. The molecule has 0 amide bonds. The van der Waals surface area contributed by atoms with Crippen LogP contribution >= 0.6 is 0 Å². The Hall–Kier alpha value is -1.61. The van der Waals surface area contributed by atoms with E-state index in [1.165, 1.54) is 16.7 Å². The summed E-state index contributed by atoms with van der Waals surface area (Å²) in [6, 6.07) is 6.94. The molecule has 1 unspecified atom stereocenters. The van der Waals surface area contributed by atoms with Crippen molar-refractivity contribution in [3.05, 3.63) is 53.1 Å². The maximum Gasteiger partial charge on any atom is 0.122 e. The molecule has 0 saturated heterocycles. The first-order valence-electron chi connectivity index (χ1n) is 6.34. The van der Waals surface area contributed by atoms with Crippen LogP contribution in [0.2, 0.25) is 0 Å². The number of hydrogen-bond acceptors (Lipinski definition) is 2. The van der Waals surface area contributed by atoms with E-state index in [1.54, 1.807) is 0 Å². The van der Waals surface area contributed by atoms with Gasteiger partial charge in [0.25, 0.3) is 0 Å². The summed E-state index contributed by atoms with van der Waals surface area (Å²) in [7, 11) is 2.02. The van der Waals surface area contributed by atoms with Crippen molar-refractivity contribution in [1.82, 2.24) is 14.9 Å². The van der Waals surface area contributed by atoms with Gasteiger partial charge in [-0.05, 0) is 31.9 Å². The van der Waals surface area contributed by atoms with Gasteiger partial charge in [-0.3, -0.25) is 0 Å². The number of rotatable bonds is 4. The second kappa shape index (κ2) is 5.36. The number of aromatic nitrogens is 2. The van der Waals surface area contributed by atoms with E-state index in [0.717, 1.165) is 12.4 Å². The minimum absolute atomic E-state index is 0.335. The summed E-state index contributed by atoms with van der Waals surface area (Å²) in [5.74, 6) is 1.06. The number of hydrogen-bond donors (Lipinski definition) is 1. The summed E-state index contributed by atoms with van der Waals surface area (Å²) in [6.07, 6.45) is 3.80. The van der Waals surface area contributed by atoms with Gasteiger partial charge in [-0.2, -0.15) is 0 Å². The van der Waals surface area contributed by atoms with Crippen molar-refractivity contribution in [2.24, 2.45) is 7.05 Å². The van der Waals surface area contributed by atoms with E-state index in [1.807, 2.05) is 24.0 Å². The van der Waals surface area contributed by atoms with Gasteiger partial charge in [0, 0.05) is 25.5 Å². The highest BCUT2D eigenvalue weighted by atomic mass is 15.1. The molecule has 3 heteroatoms. The highest BCUT2D eigenvalue weighted by Crippen LogP contribution is 2.18. The van der Waals surface area contributed by atoms with Gasteiger partial charge in [-0.15, -0.1) is 0 Å². The zero-order valence-corrected chi connectivity index (χ0v) is 11.6. The molecule has 0 aliphatic carbocycles. The van der Waals surface area contributed by atoms with E-state index < -0.39 is 0 Å². The standard InChI is InChI=1S/C15H21N3/c1-11-5-6-14(12(2)9-11)13(3)17-10-15-16-7-8-18(15)4/h5-9,13,17H,10H2,1-4H3. The fraction of sp³-hybridized carbons (Fsp3) is 0.400. The number of aryl methyl sites for hydroxylation is 3. The molecule has 1 heterocycles. The zero-order chi connectivity index (χ0) is 13.1. The van der Waals surface area contributed by atoms with Crippen molar-refractivity contribution in [2.45, 2.75) is 33.4 Å². The first-order chi connectivity index (χ1) is 8.58. The molecule has 0 radical (unpaired) electrons. The fourth-order valence-corrected chi connectivity index (χ4v) is 2.23. The maximum absolute atomic E-state index is 4.32. The molecule has 1 atom stereocenters. The normalized spacial score (nSPS) is 12.7. The summed E-state index contributed by atoms with van der Waals surface area (Å²) in [5, 5.41) is 3.52. The fourth-order valence-electron chi connectivity index (χ4n) is 2.23. The van der Waals surface area contributed by atoms with Crippen LogP contribution in [0.1, 0.15) is 35.5 Å². The van der Waals surface area contributed by atoms with Gasteiger partial charge >= 0.3 is 0 Å². The molecule has 0 aliphatic rings. The Morgan fingerprint density at radius 2 is 2.11 bits per heavy atom. The third-order valence-electron chi connectivity index (χ3n) is 3.38. The largest absolute Gasteiger partial charge is 0.337 e. The molecule has 3 nitrogen and oxygen atoms in total. The first kappa shape index (κ1) is 12.8. The summed E-state index contributed by atoms with van der Waals surface area (Å²) in [4.78, 5) is 4.32.